The first-order chi connectivity index (χ1) is 10.2. The molecular weight excluding hydrogens is 284 g/mol. The monoisotopic (exact) mass is 310 g/mol. The number of pyridine rings is 1. The summed E-state index contributed by atoms with van der Waals surface area (Å²) in [5.41, 5.74) is 1.13. The van der Waals surface area contributed by atoms with Crippen LogP contribution < -0.4 is 10.2 Å². The van der Waals surface area contributed by atoms with E-state index in [1.165, 1.54) is 25.9 Å². The fourth-order valence-electron chi connectivity index (χ4n) is 2.87. The highest BCUT2D eigenvalue weighted by Gasteiger charge is 2.22. The molecule has 0 aliphatic carbocycles. The molecule has 0 bridgehead atoms. The number of piperidine rings is 1. The van der Waals surface area contributed by atoms with Crippen LogP contribution in [0.2, 0.25) is 5.02 Å². The van der Waals surface area contributed by atoms with Crippen molar-refractivity contribution in [2.45, 2.75) is 39.3 Å². The van der Waals surface area contributed by atoms with Crippen molar-refractivity contribution in [3.8, 4) is 0 Å². The number of hydrogen-bond donors (Lipinski definition) is 1. The SMILES string of the molecule is CCNCc1cc(N(C)C2CCN(CC)CC2)ncc1Cl. The molecule has 4 nitrogen and oxygen atoms in total. The quantitative estimate of drug-likeness (QED) is 0.875. The number of aromatic nitrogens is 1. The van der Waals surface area contributed by atoms with Gasteiger partial charge in [0.05, 0.1) is 5.02 Å². The molecule has 1 aromatic heterocycles. The minimum absolute atomic E-state index is 0.577. The summed E-state index contributed by atoms with van der Waals surface area (Å²) in [6, 6.07) is 2.70. The molecule has 2 heterocycles. The van der Waals surface area contributed by atoms with Crippen LogP contribution in [0.15, 0.2) is 12.3 Å². The van der Waals surface area contributed by atoms with Gasteiger partial charge in [0, 0.05) is 38.9 Å². The van der Waals surface area contributed by atoms with E-state index in [0.29, 0.717) is 6.04 Å². The Morgan fingerprint density at radius 1 is 1.38 bits per heavy atom. The zero-order valence-electron chi connectivity index (χ0n) is 13.4. The summed E-state index contributed by atoms with van der Waals surface area (Å²) in [4.78, 5) is 9.34. The summed E-state index contributed by atoms with van der Waals surface area (Å²) in [5, 5.41) is 4.07. The van der Waals surface area contributed by atoms with E-state index in [9.17, 15) is 0 Å². The van der Waals surface area contributed by atoms with Crippen LogP contribution in [0.1, 0.15) is 32.3 Å². The van der Waals surface area contributed by atoms with Crippen molar-refractivity contribution in [2.75, 3.05) is 38.1 Å². The highest BCUT2D eigenvalue weighted by molar-refractivity contribution is 6.31. The summed E-state index contributed by atoms with van der Waals surface area (Å²) in [7, 11) is 2.15. The summed E-state index contributed by atoms with van der Waals surface area (Å²) >= 11 is 6.23. The van der Waals surface area contributed by atoms with E-state index >= 15 is 0 Å². The molecule has 1 aromatic rings. The van der Waals surface area contributed by atoms with E-state index in [1.807, 2.05) is 0 Å². The minimum atomic E-state index is 0.577. The molecule has 2 rings (SSSR count). The van der Waals surface area contributed by atoms with Crippen LogP contribution in [0.5, 0.6) is 0 Å². The minimum Gasteiger partial charge on any atom is -0.357 e. The molecule has 1 saturated heterocycles. The molecule has 0 atom stereocenters. The molecule has 21 heavy (non-hydrogen) atoms. The second kappa shape index (κ2) is 7.97. The van der Waals surface area contributed by atoms with Crippen molar-refractivity contribution in [2.24, 2.45) is 0 Å². The Morgan fingerprint density at radius 2 is 2.10 bits per heavy atom. The molecule has 1 fully saturated rings. The highest BCUT2D eigenvalue weighted by Crippen LogP contribution is 2.24. The topological polar surface area (TPSA) is 31.4 Å². The maximum absolute atomic E-state index is 6.23. The van der Waals surface area contributed by atoms with Crippen LogP contribution in [-0.2, 0) is 6.54 Å². The van der Waals surface area contributed by atoms with Gasteiger partial charge >= 0.3 is 0 Å². The van der Waals surface area contributed by atoms with Crippen LogP contribution in [0, 0.1) is 0 Å². The second-order valence-corrected chi connectivity index (χ2v) is 6.10. The highest BCUT2D eigenvalue weighted by atomic mass is 35.5. The van der Waals surface area contributed by atoms with Crippen LogP contribution in [-0.4, -0.2) is 49.2 Å². The summed E-state index contributed by atoms with van der Waals surface area (Å²) in [6.45, 7) is 9.60. The molecule has 1 aliphatic heterocycles. The standard InChI is InChI=1S/C16H27ClN4/c1-4-18-11-13-10-16(19-12-15(13)17)20(3)14-6-8-21(5-2)9-7-14/h10,12,14,18H,4-9,11H2,1-3H3. The van der Waals surface area contributed by atoms with Crippen LogP contribution in [0.25, 0.3) is 0 Å². The van der Waals surface area contributed by atoms with Crippen molar-refractivity contribution >= 4 is 17.4 Å². The first-order valence-corrected chi connectivity index (χ1v) is 8.33. The molecule has 0 unspecified atom stereocenters. The van der Waals surface area contributed by atoms with Gasteiger partial charge in [-0.25, -0.2) is 4.98 Å². The number of halogens is 1. The number of likely N-dealkylation sites (tertiary alicyclic amines) is 1. The molecule has 118 valence electrons. The van der Waals surface area contributed by atoms with Crippen molar-refractivity contribution in [3.05, 3.63) is 22.8 Å². The van der Waals surface area contributed by atoms with Gasteiger partial charge in [-0.2, -0.15) is 0 Å². The molecule has 0 radical (unpaired) electrons. The lowest BCUT2D eigenvalue weighted by Crippen LogP contribution is -2.43. The van der Waals surface area contributed by atoms with Crippen LogP contribution in [0.3, 0.4) is 0 Å². The Hall–Kier alpha value is -0.840. The first kappa shape index (κ1) is 16.5. The average molecular weight is 311 g/mol. The van der Waals surface area contributed by atoms with Crippen molar-refractivity contribution in [3.63, 3.8) is 0 Å². The van der Waals surface area contributed by atoms with Gasteiger partial charge in [-0.3, -0.25) is 0 Å². The summed E-state index contributed by atoms with van der Waals surface area (Å²) < 4.78 is 0. The molecule has 0 spiro atoms. The average Bonchev–Trinajstić information content (AvgIpc) is 2.53. The third-order valence-corrected chi connectivity index (χ3v) is 4.74. The molecule has 5 heteroatoms. The molecule has 0 saturated carbocycles. The fraction of sp³-hybridized carbons (Fsp3) is 0.688. The summed E-state index contributed by atoms with van der Waals surface area (Å²) in [5.74, 6) is 1.03. The van der Waals surface area contributed by atoms with Gasteiger partial charge < -0.3 is 15.1 Å². The third-order valence-electron chi connectivity index (χ3n) is 4.40. The van der Waals surface area contributed by atoms with Crippen LogP contribution >= 0.6 is 11.6 Å². The van der Waals surface area contributed by atoms with E-state index < -0.39 is 0 Å². The zero-order valence-corrected chi connectivity index (χ0v) is 14.2. The summed E-state index contributed by atoms with van der Waals surface area (Å²) in [6.07, 6.45) is 4.19. The largest absolute Gasteiger partial charge is 0.357 e. The first-order valence-electron chi connectivity index (χ1n) is 7.96. The molecule has 1 aliphatic rings. The molecular formula is C16H27ClN4. The predicted octanol–water partition coefficient (Wildman–Crippen LogP) is 2.77. The van der Waals surface area contributed by atoms with Gasteiger partial charge in [-0.15, -0.1) is 0 Å². The van der Waals surface area contributed by atoms with Gasteiger partial charge in [0.15, 0.2) is 0 Å². The van der Waals surface area contributed by atoms with Gasteiger partial charge in [0.2, 0.25) is 0 Å². The Morgan fingerprint density at radius 3 is 2.71 bits per heavy atom. The molecule has 0 amide bonds. The Labute approximate surface area is 133 Å². The number of anilines is 1. The zero-order chi connectivity index (χ0) is 15.2. The second-order valence-electron chi connectivity index (χ2n) is 5.69. The maximum Gasteiger partial charge on any atom is 0.128 e. The third kappa shape index (κ3) is 4.31. The van der Waals surface area contributed by atoms with Gasteiger partial charge in [-0.05, 0) is 37.6 Å². The van der Waals surface area contributed by atoms with Crippen LogP contribution in [0.4, 0.5) is 5.82 Å². The van der Waals surface area contributed by atoms with Gasteiger partial charge in [0.25, 0.3) is 0 Å². The number of hydrogen-bond acceptors (Lipinski definition) is 4. The van der Waals surface area contributed by atoms with E-state index in [-0.39, 0.29) is 0 Å². The normalized spacial score (nSPS) is 17.1. The Balaban J connectivity index is 2.03. The van der Waals surface area contributed by atoms with Crippen molar-refractivity contribution in [1.29, 1.82) is 0 Å². The number of nitrogens with zero attached hydrogens (tertiary/aromatic N) is 3. The number of rotatable bonds is 6. The lowest BCUT2D eigenvalue weighted by molar-refractivity contribution is 0.220. The Kier molecular flexibility index (Phi) is 6.27. The predicted molar refractivity (Wildman–Crippen MR) is 90.2 cm³/mol. The molecule has 1 N–H and O–H groups in total. The smallest absolute Gasteiger partial charge is 0.128 e. The van der Waals surface area contributed by atoms with E-state index in [1.54, 1.807) is 6.20 Å². The van der Waals surface area contributed by atoms with E-state index in [4.69, 9.17) is 11.6 Å². The lowest BCUT2D eigenvalue weighted by Gasteiger charge is -2.37. The van der Waals surface area contributed by atoms with Gasteiger partial charge in [0.1, 0.15) is 5.82 Å². The Bertz CT molecular complexity index is 444. The molecule has 0 aromatic carbocycles. The maximum atomic E-state index is 6.23. The lowest BCUT2D eigenvalue weighted by atomic mass is 10.0. The van der Waals surface area contributed by atoms with E-state index in [0.717, 1.165) is 36.0 Å². The van der Waals surface area contributed by atoms with Crippen molar-refractivity contribution in [1.82, 2.24) is 15.2 Å². The van der Waals surface area contributed by atoms with Crippen molar-refractivity contribution < 1.29 is 0 Å². The van der Waals surface area contributed by atoms with E-state index in [2.05, 4.69) is 47.1 Å². The van der Waals surface area contributed by atoms with Gasteiger partial charge in [-0.1, -0.05) is 25.4 Å². The number of nitrogens with one attached hydrogen (secondary N) is 1. The fourth-order valence-corrected chi connectivity index (χ4v) is 3.04.